The molecular weight excluding hydrogens is 298 g/mol. The standard InChI is InChI=1S/C20H19N3O/c24-12-11-14-5-9-17(10-6-14)22-20-21-13-16-8-7-15-3-1-2-4-18(15)19(16)23-20/h1-6,9-10,13,24H,7-8,11-12H2,(H,21,22,23). The molecule has 1 aliphatic carbocycles. The van der Waals surface area contributed by atoms with Gasteiger partial charge in [-0.3, -0.25) is 0 Å². The van der Waals surface area contributed by atoms with E-state index in [1.54, 1.807) is 0 Å². The highest BCUT2D eigenvalue weighted by atomic mass is 16.2. The monoisotopic (exact) mass is 317 g/mol. The summed E-state index contributed by atoms with van der Waals surface area (Å²) >= 11 is 0. The molecule has 0 radical (unpaired) electrons. The minimum atomic E-state index is 0.167. The number of hydrogen-bond acceptors (Lipinski definition) is 4. The van der Waals surface area contributed by atoms with Crippen LogP contribution in [0, 0.1) is 0 Å². The van der Waals surface area contributed by atoms with Gasteiger partial charge in [0.05, 0.1) is 5.69 Å². The molecule has 1 aliphatic rings. The van der Waals surface area contributed by atoms with Gasteiger partial charge in [-0.05, 0) is 48.1 Å². The van der Waals surface area contributed by atoms with Crippen molar-refractivity contribution in [3.63, 3.8) is 0 Å². The quantitative estimate of drug-likeness (QED) is 0.773. The number of aromatic nitrogens is 2. The third-order valence-corrected chi connectivity index (χ3v) is 4.41. The van der Waals surface area contributed by atoms with E-state index in [-0.39, 0.29) is 6.61 Å². The van der Waals surface area contributed by atoms with Crippen LogP contribution in [-0.4, -0.2) is 21.7 Å². The molecule has 4 nitrogen and oxygen atoms in total. The molecule has 0 amide bonds. The molecule has 4 rings (SSSR count). The van der Waals surface area contributed by atoms with Gasteiger partial charge in [-0.25, -0.2) is 9.97 Å². The molecule has 1 heterocycles. The molecule has 120 valence electrons. The Hall–Kier alpha value is -2.72. The Labute approximate surface area is 141 Å². The van der Waals surface area contributed by atoms with Crippen molar-refractivity contribution in [2.75, 3.05) is 11.9 Å². The Kier molecular flexibility index (Phi) is 3.97. The molecule has 0 saturated heterocycles. The Morgan fingerprint density at radius 2 is 1.75 bits per heavy atom. The fourth-order valence-electron chi connectivity index (χ4n) is 3.13. The lowest BCUT2D eigenvalue weighted by molar-refractivity contribution is 0.299. The van der Waals surface area contributed by atoms with Crippen LogP contribution in [0.1, 0.15) is 16.7 Å². The molecule has 4 heteroatoms. The van der Waals surface area contributed by atoms with Crippen LogP contribution in [0.2, 0.25) is 0 Å². The van der Waals surface area contributed by atoms with Crippen molar-refractivity contribution in [2.24, 2.45) is 0 Å². The summed E-state index contributed by atoms with van der Waals surface area (Å²) in [6.07, 6.45) is 4.64. The van der Waals surface area contributed by atoms with E-state index >= 15 is 0 Å². The summed E-state index contributed by atoms with van der Waals surface area (Å²) in [6.45, 7) is 0.167. The van der Waals surface area contributed by atoms with Gasteiger partial charge in [0, 0.05) is 24.1 Å². The van der Waals surface area contributed by atoms with Crippen molar-refractivity contribution in [2.45, 2.75) is 19.3 Å². The SMILES string of the molecule is OCCc1ccc(Nc2ncc3c(n2)-c2ccccc2CC3)cc1. The Bertz CT molecular complexity index is 859. The molecular formula is C20H19N3O. The molecule has 24 heavy (non-hydrogen) atoms. The van der Waals surface area contributed by atoms with E-state index in [2.05, 4.69) is 34.6 Å². The Morgan fingerprint density at radius 3 is 2.58 bits per heavy atom. The van der Waals surface area contributed by atoms with Crippen molar-refractivity contribution >= 4 is 11.6 Å². The molecule has 0 atom stereocenters. The smallest absolute Gasteiger partial charge is 0.227 e. The first-order valence-electron chi connectivity index (χ1n) is 8.24. The van der Waals surface area contributed by atoms with Gasteiger partial charge in [-0.15, -0.1) is 0 Å². The summed E-state index contributed by atoms with van der Waals surface area (Å²) < 4.78 is 0. The maximum Gasteiger partial charge on any atom is 0.227 e. The fourth-order valence-corrected chi connectivity index (χ4v) is 3.13. The maximum atomic E-state index is 8.98. The van der Waals surface area contributed by atoms with Crippen LogP contribution >= 0.6 is 0 Å². The summed E-state index contributed by atoms with van der Waals surface area (Å²) in [5.41, 5.74) is 6.86. The first kappa shape index (κ1) is 14.8. The molecule has 2 aromatic carbocycles. The number of benzene rings is 2. The topological polar surface area (TPSA) is 58.0 Å². The van der Waals surface area contributed by atoms with Crippen molar-refractivity contribution in [3.05, 3.63) is 71.4 Å². The fraction of sp³-hybridized carbons (Fsp3) is 0.200. The van der Waals surface area contributed by atoms with Gasteiger partial charge in [0.25, 0.3) is 0 Å². The van der Waals surface area contributed by atoms with Crippen LogP contribution in [0.3, 0.4) is 0 Å². The number of nitrogens with one attached hydrogen (secondary N) is 1. The summed E-state index contributed by atoms with van der Waals surface area (Å²) in [5, 5.41) is 12.3. The highest BCUT2D eigenvalue weighted by molar-refractivity contribution is 5.70. The molecule has 0 fully saturated rings. The van der Waals surface area contributed by atoms with Crippen LogP contribution in [-0.2, 0) is 19.3 Å². The number of hydrogen-bond donors (Lipinski definition) is 2. The molecule has 0 spiro atoms. The predicted molar refractivity (Wildman–Crippen MR) is 95.4 cm³/mol. The average Bonchev–Trinajstić information content (AvgIpc) is 2.63. The predicted octanol–water partition coefficient (Wildman–Crippen LogP) is 3.52. The van der Waals surface area contributed by atoms with Crippen LogP contribution < -0.4 is 5.32 Å². The van der Waals surface area contributed by atoms with Gasteiger partial charge in [0.1, 0.15) is 0 Å². The van der Waals surface area contributed by atoms with Crippen molar-refractivity contribution in [1.82, 2.24) is 9.97 Å². The first-order valence-corrected chi connectivity index (χ1v) is 8.24. The molecule has 1 aromatic heterocycles. The second-order valence-electron chi connectivity index (χ2n) is 6.02. The number of nitrogens with zero attached hydrogens (tertiary/aromatic N) is 2. The second kappa shape index (κ2) is 6.42. The summed E-state index contributed by atoms with van der Waals surface area (Å²) in [5.74, 6) is 0.611. The van der Waals surface area contributed by atoms with E-state index in [9.17, 15) is 0 Å². The van der Waals surface area contributed by atoms with E-state index in [1.807, 2.05) is 30.5 Å². The van der Waals surface area contributed by atoms with Gasteiger partial charge >= 0.3 is 0 Å². The minimum Gasteiger partial charge on any atom is -0.396 e. The second-order valence-corrected chi connectivity index (χ2v) is 6.02. The van der Waals surface area contributed by atoms with Crippen molar-refractivity contribution in [1.29, 1.82) is 0 Å². The van der Waals surface area contributed by atoms with Crippen molar-refractivity contribution in [3.8, 4) is 11.3 Å². The molecule has 2 N–H and O–H groups in total. The molecule has 0 bridgehead atoms. The van der Waals surface area contributed by atoms with Gasteiger partial charge in [-0.1, -0.05) is 36.4 Å². The summed E-state index contributed by atoms with van der Waals surface area (Å²) in [7, 11) is 0. The van der Waals surface area contributed by atoms with Crippen LogP contribution in [0.15, 0.2) is 54.7 Å². The molecule has 0 saturated carbocycles. The third-order valence-electron chi connectivity index (χ3n) is 4.41. The van der Waals surface area contributed by atoms with Gasteiger partial charge < -0.3 is 10.4 Å². The van der Waals surface area contributed by atoms with Crippen LogP contribution in [0.25, 0.3) is 11.3 Å². The highest BCUT2D eigenvalue weighted by Gasteiger charge is 2.17. The van der Waals surface area contributed by atoms with Crippen molar-refractivity contribution < 1.29 is 5.11 Å². The van der Waals surface area contributed by atoms with E-state index in [1.165, 1.54) is 16.7 Å². The highest BCUT2D eigenvalue weighted by Crippen LogP contribution is 2.32. The number of aliphatic hydroxyl groups is 1. The molecule has 0 aliphatic heterocycles. The molecule has 0 unspecified atom stereocenters. The zero-order chi connectivity index (χ0) is 16.4. The average molecular weight is 317 g/mol. The lowest BCUT2D eigenvalue weighted by Crippen LogP contribution is -2.08. The maximum absolute atomic E-state index is 8.98. The normalized spacial score (nSPS) is 12.4. The number of anilines is 2. The van der Waals surface area contributed by atoms with Gasteiger partial charge in [0.2, 0.25) is 5.95 Å². The van der Waals surface area contributed by atoms with Crippen LogP contribution in [0.4, 0.5) is 11.6 Å². The third kappa shape index (κ3) is 2.88. The zero-order valence-corrected chi connectivity index (χ0v) is 13.4. The van der Waals surface area contributed by atoms with E-state index < -0.39 is 0 Å². The Morgan fingerprint density at radius 1 is 0.958 bits per heavy atom. The number of aliphatic hydroxyl groups excluding tert-OH is 1. The van der Waals surface area contributed by atoms with Crippen LogP contribution in [0.5, 0.6) is 0 Å². The molecule has 3 aromatic rings. The van der Waals surface area contributed by atoms with E-state index in [4.69, 9.17) is 10.1 Å². The van der Waals surface area contributed by atoms with Gasteiger partial charge in [0.15, 0.2) is 0 Å². The first-order chi connectivity index (χ1) is 11.8. The lowest BCUT2D eigenvalue weighted by atomic mass is 9.90. The number of aryl methyl sites for hydroxylation is 2. The van der Waals surface area contributed by atoms with Gasteiger partial charge in [-0.2, -0.15) is 0 Å². The largest absolute Gasteiger partial charge is 0.396 e. The summed E-state index contributed by atoms with van der Waals surface area (Å²) in [4.78, 5) is 9.20. The number of rotatable bonds is 4. The minimum absolute atomic E-state index is 0.167. The number of fused-ring (bicyclic) bond motifs is 3. The van der Waals surface area contributed by atoms with E-state index in [0.717, 1.165) is 29.8 Å². The lowest BCUT2D eigenvalue weighted by Gasteiger charge is -2.19. The Balaban J connectivity index is 1.62. The van der Waals surface area contributed by atoms with E-state index in [0.29, 0.717) is 12.4 Å². The zero-order valence-electron chi connectivity index (χ0n) is 13.4. The summed E-state index contributed by atoms with van der Waals surface area (Å²) in [6, 6.07) is 16.4.